The van der Waals surface area contributed by atoms with Gasteiger partial charge in [0.2, 0.25) is 17.7 Å². The highest BCUT2D eigenvalue weighted by atomic mass is 32.1. The number of unbranched alkanes of at least 4 members (excludes halogenated alkanes) is 1. The van der Waals surface area contributed by atoms with E-state index in [9.17, 15) is 24.3 Å². The molecular formula is C27H42N10O5S. The predicted octanol–water partition coefficient (Wildman–Crippen LogP) is -0.884. The minimum atomic E-state index is -1.23. The number of aromatic nitrogens is 2. The summed E-state index contributed by atoms with van der Waals surface area (Å²) in [5.41, 5.74) is 18.2. The number of nitrogens with two attached hydrogens (primary N) is 3. The number of hydrogen-bond acceptors (Lipinski definition) is 8. The summed E-state index contributed by atoms with van der Waals surface area (Å²) in [5, 5.41) is 27.5. The fourth-order valence-electron chi connectivity index (χ4n) is 4.22. The van der Waals surface area contributed by atoms with Gasteiger partial charge in [0, 0.05) is 31.3 Å². The maximum absolute atomic E-state index is 13.5. The number of imidazole rings is 1. The Morgan fingerprint density at radius 3 is 2.16 bits per heavy atom. The molecule has 2 aromatic rings. The monoisotopic (exact) mass is 618 g/mol. The number of benzene rings is 1. The molecule has 0 aliphatic carbocycles. The summed E-state index contributed by atoms with van der Waals surface area (Å²) in [7, 11) is 0. The summed E-state index contributed by atoms with van der Waals surface area (Å²) in [6.07, 6.45) is 3.61. The number of guanidine groups is 1. The zero-order valence-corrected chi connectivity index (χ0v) is 24.7. The number of H-pyrrole nitrogens is 2. The molecule has 0 saturated carbocycles. The third-order valence-electron chi connectivity index (χ3n) is 6.53. The first-order valence-corrected chi connectivity index (χ1v) is 14.4. The van der Waals surface area contributed by atoms with E-state index < -0.39 is 47.9 Å². The van der Waals surface area contributed by atoms with Crippen LogP contribution in [0.3, 0.4) is 0 Å². The van der Waals surface area contributed by atoms with E-state index in [1.54, 1.807) is 36.5 Å². The number of amides is 3. The van der Waals surface area contributed by atoms with E-state index in [0.29, 0.717) is 42.8 Å². The van der Waals surface area contributed by atoms with Crippen molar-refractivity contribution in [1.29, 1.82) is 5.41 Å². The molecule has 43 heavy (non-hydrogen) atoms. The lowest BCUT2D eigenvalue weighted by molar-refractivity contribution is -0.142. The minimum absolute atomic E-state index is 0.00617. The average Bonchev–Trinajstić information content (AvgIpc) is 3.38. The van der Waals surface area contributed by atoms with Crippen LogP contribution in [0.1, 0.15) is 43.4 Å². The van der Waals surface area contributed by atoms with Crippen LogP contribution < -0.4 is 38.5 Å². The maximum atomic E-state index is 13.5. The Kier molecular flexibility index (Phi) is 14.9. The van der Waals surface area contributed by atoms with Crippen molar-refractivity contribution in [3.05, 3.63) is 52.6 Å². The molecule has 0 bridgehead atoms. The van der Waals surface area contributed by atoms with Gasteiger partial charge in [-0.3, -0.25) is 19.8 Å². The summed E-state index contributed by atoms with van der Waals surface area (Å²) in [5.74, 6) is -3.34. The lowest BCUT2D eigenvalue weighted by Gasteiger charge is -2.25. The molecule has 0 aliphatic rings. The summed E-state index contributed by atoms with van der Waals surface area (Å²) in [6.45, 7) is 0.723. The number of carbonyl (C=O) groups excluding carboxylic acids is 3. The van der Waals surface area contributed by atoms with Crippen LogP contribution in [0.15, 0.2) is 36.5 Å². The number of carboxylic acid groups (broad SMARTS) is 1. The molecule has 236 valence electrons. The normalized spacial score (nSPS) is 13.6. The second kappa shape index (κ2) is 18.3. The number of nitrogens with one attached hydrogen (secondary N) is 7. The predicted molar refractivity (Wildman–Crippen MR) is 163 cm³/mol. The minimum Gasteiger partial charge on any atom is -0.480 e. The van der Waals surface area contributed by atoms with Gasteiger partial charge in [-0.25, -0.2) is 4.79 Å². The Morgan fingerprint density at radius 2 is 1.56 bits per heavy atom. The largest absolute Gasteiger partial charge is 0.480 e. The molecule has 0 fully saturated rings. The van der Waals surface area contributed by atoms with Crippen molar-refractivity contribution in [1.82, 2.24) is 31.2 Å². The first kappa shape index (κ1) is 34.9. The first-order chi connectivity index (χ1) is 20.5. The van der Waals surface area contributed by atoms with Gasteiger partial charge in [-0.05, 0) is 56.4 Å². The molecule has 14 N–H and O–H groups in total. The van der Waals surface area contributed by atoms with Crippen LogP contribution in [0.25, 0.3) is 0 Å². The molecule has 0 aliphatic heterocycles. The van der Waals surface area contributed by atoms with E-state index in [2.05, 4.69) is 31.2 Å². The third kappa shape index (κ3) is 13.1. The second-order valence-electron chi connectivity index (χ2n) is 10.1. The smallest absolute Gasteiger partial charge is 0.326 e. The van der Waals surface area contributed by atoms with Crippen molar-refractivity contribution >= 4 is 41.9 Å². The van der Waals surface area contributed by atoms with Crippen molar-refractivity contribution < 1.29 is 24.3 Å². The molecule has 1 aromatic heterocycles. The molecule has 1 aromatic carbocycles. The van der Waals surface area contributed by atoms with E-state index in [4.69, 9.17) is 34.8 Å². The van der Waals surface area contributed by atoms with Gasteiger partial charge in [-0.15, -0.1) is 0 Å². The average molecular weight is 619 g/mol. The van der Waals surface area contributed by atoms with E-state index >= 15 is 0 Å². The van der Waals surface area contributed by atoms with Crippen molar-refractivity contribution in [2.45, 2.75) is 69.1 Å². The van der Waals surface area contributed by atoms with Crippen LogP contribution in [-0.2, 0) is 32.0 Å². The number of rotatable bonds is 19. The van der Waals surface area contributed by atoms with Gasteiger partial charge in [0.25, 0.3) is 0 Å². The zero-order valence-electron chi connectivity index (χ0n) is 23.9. The first-order valence-electron chi connectivity index (χ1n) is 14.0. The molecule has 15 nitrogen and oxygen atoms in total. The zero-order chi connectivity index (χ0) is 31.8. The van der Waals surface area contributed by atoms with Crippen LogP contribution in [0.2, 0.25) is 0 Å². The Balaban J connectivity index is 2.17. The molecule has 4 unspecified atom stereocenters. The van der Waals surface area contributed by atoms with Crippen molar-refractivity contribution in [3.8, 4) is 0 Å². The van der Waals surface area contributed by atoms with Gasteiger partial charge in [0.05, 0.1) is 6.04 Å². The van der Waals surface area contributed by atoms with E-state index in [1.165, 1.54) is 0 Å². The summed E-state index contributed by atoms with van der Waals surface area (Å²) < 4.78 is 0.326. The quantitative estimate of drug-likeness (QED) is 0.0400. The van der Waals surface area contributed by atoms with E-state index in [0.717, 1.165) is 5.56 Å². The lowest BCUT2D eigenvalue weighted by Crippen LogP contribution is -2.57. The highest BCUT2D eigenvalue weighted by molar-refractivity contribution is 7.71. The highest BCUT2D eigenvalue weighted by Gasteiger charge is 2.30. The van der Waals surface area contributed by atoms with Gasteiger partial charge in [0.15, 0.2) is 10.7 Å². The Morgan fingerprint density at radius 1 is 0.907 bits per heavy atom. The van der Waals surface area contributed by atoms with Crippen LogP contribution in [0.4, 0.5) is 0 Å². The molecule has 0 saturated heterocycles. The number of carboxylic acids is 1. The number of hydrogen-bond donors (Lipinski definition) is 11. The number of carbonyl (C=O) groups is 4. The van der Waals surface area contributed by atoms with E-state index in [-0.39, 0.29) is 31.6 Å². The van der Waals surface area contributed by atoms with Crippen molar-refractivity contribution in [3.63, 3.8) is 0 Å². The Labute approximate surface area is 254 Å². The van der Waals surface area contributed by atoms with Gasteiger partial charge >= 0.3 is 5.97 Å². The summed E-state index contributed by atoms with van der Waals surface area (Å²) in [4.78, 5) is 57.4. The fraction of sp³-hybridized carbons (Fsp3) is 0.481. The summed E-state index contributed by atoms with van der Waals surface area (Å²) in [6, 6.07) is 4.45. The van der Waals surface area contributed by atoms with Gasteiger partial charge in [-0.1, -0.05) is 30.3 Å². The van der Waals surface area contributed by atoms with Gasteiger partial charge < -0.3 is 53.5 Å². The lowest BCUT2D eigenvalue weighted by atomic mass is 10.0. The van der Waals surface area contributed by atoms with Crippen molar-refractivity contribution in [2.75, 3.05) is 13.1 Å². The third-order valence-corrected chi connectivity index (χ3v) is 6.75. The Hall–Kier alpha value is -4.28. The Bertz CT molecular complexity index is 1270. The van der Waals surface area contributed by atoms with Crippen LogP contribution >= 0.6 is 12.2 Å². The van der Waals surface area contributed by atoms with Gasteiger partial charge in [0.1, 0.15) is 18.1 Å². The fourth-order valence-corrected chi connectivity index (χ4v) is 4.41. The van der Waals surface area contributed by atoms with E-state index in [1.807, 2.05) is 0 Å². The van der Waals surface area contributed by atoms with Crippen LogP contribution in [0, 0.1) is 10.2 Å². The summed E-state index contributed by atoms with van der Waals surface area (Å²) >= 11 is 5.07. The molecule has 4 atom stereocenters. The van der Waals surface area contributed by atoms with Crippen molar-refractivity contribution in [2.24, 2.45) is 17.2 Å². The van der Waals surface area contributed by atoms with Crippen LogP contribution in [-0.4, -0.2) is 82.0 Å². The molecule has 1 heterocycles. The maximum Gasteiger partial charge on any atom is 0.326 e. The highest BCUT2D eigenvalue weighted by Crippen LogP contribution is 2.08. The topological polar surface area (TPSA) is 270 Å². The molecule has 0 radical (unpaired) electrons. The SMILES string of the molecule is N=C(N)NCCCC(N)C(=O)NC(Cc1c[nH]c(=S)[nH]1)C(=O)NC(CCCCN)C(=O)NC(Cc1ccccc1)C(=O)O. The molecular weight excluding hydrogens is 576 g/mol. The number of aromatic amines is 2. The molecule has 16 heteroatoms. The number of aliphatic carboxylic acids is 1. The van der Waals surface area contributed by atoms with Crippen LogP contribution in [0.5, 0.6) is 0 Å². The van der Waals surface area contributed by atoms with Gasteiger partial charge in [-0.2, -0.15) is 0 Å². The second-order valence-corrected chi connectivity index (χ2v) is 10.5. The molecule has 2 rings (SSSR count). The molecule has 3 amide bonds. The molecule has 0 spiro atoms. The standard InChI is InChI=1S/C27H42N10O5S/c28-11-5-4-10-19(23(39)37-21(25(41)42)13-16-7-2-1-3-8-16)35-24(40)20(14-17-15-33-27(43)34-17)36-22(38)18(29)9-6-12-32-26(30)31/h1-3,7-8,15,18-21H,4-6,9-14,28-29H2,(H,35,40)(H,36,38)(H,37,39)(H,41,42)(H4,30,31,32)(H2,33,34,43).